The van der Waals surface area contributed by atoms with E-state index in [4.69, 9.17) is 22.6 Å². The first-order valence-electron chi connectivity index (χ1n) is 10.9. The fourth-order valence-corrected chi connectivity index (χ4v) is 4.32. The second-order valence-electron chi connectivity index (χ2n) is 8.50. The van der Waals surface area contributed by atoms with Gasteiger partial charge in [0.15, 0.2) is 6.20 Å². The second-order valence-corrected chi connectivity index (χ2v) is 8.94. The lowest BCUT2D eigenvalue weighted by Gasteiger charge is -2.15. The molecule has 2 heterocycles. The van der Waals surface area contributed by atoms with Crippen molar-refractivity contribution < 1.29 is 4.73 Å². The van der Waals surface area contributed by atoms with Crippen LogP contribution in [0.15, 0.2) is 67.0 Å². The number of halogens is 1. The third-order valence-corrected chi connectivity index (χ3v) is 6.38. The predicted molar refractivity (Wildman–Crippen MR) is 128 cm³/mol. The molecule has 1 atom stereocenters. The van der Waals surface area contributed by atoms with Crippen LogP contribution in [-0.4, -0.2) is 9.97 Å². The molecule has 164 valence electrons. The lowest BCUT2D eigenvalue weighted by molar-refractivity contribution is -0.614. The summed E-state index contributed by atoms with van der Waals surface area (Å²) in [6.07, 6.45) is 6.56. The molecule has 2 aromatic heterocycles. The van der Waals surface area contributed by atoms with E-state index in [1.165, 1.54) is 12.8 Å². The van der Waals surface area contributed by atoms with E-state index in [0.29, 0.717) is 27.9 Å². The van der Waals surface area contributed by atoms with Gasteiger partial charge in [-0.15, -0.1) is 0 Å². The van der Waals surface area contributed by atoms with Crippen molar-refractivity contribution in [2.75, 3.05) is 5.73 Å². The number of aromatic amines is 1. The molecule has 2 aromatic carbocycles. The van der Waals surface area contributed by atoms with Gasteiger partial charge in [0.1, 0.15) is 11.7 Å². The zero-order valence-electron chi connectivity index (χ0n) is 17.8. The van der Waals surface area contributed by atoms with Crippen LogP contribution in [-0.2, 0) is 0 Å². The summed E-state index contributed by atoms with van der Waals surface area (Å²) in [6, 6.07) is 18.5. The Morgan fingerprint density at radius 3 is 2.61 bits per heavy atom. The zero-order chi connectivity index (χ0) is 22.9. The number of nitrogens with two attached hydrogens (primary N) is 1. The number of nitriles is 1. The number of pyridine rings is 1. The minimum absolute atomic E-state index is 0.145. The van der Waals surface area contributed by atoms with E-state index >= 15 is 0 Å². The predicted octanol–water partition coefficient (Wildman–Crippen LogP) is 5.42. The highest BCUT2D eigenvalue weighted by atomic mass is 35.5. The molecule has 0 bridgehead atoms. The van der Waals surface area contributed by atoms with E-state index in [9.17, 15) is 5.21 Å². The van der Waals surface area contributed by atoms with Gasteiger partial charge in [-0.25, -0.2) is 4.98 Å². The van der Waals surface area contributed by atoms with Crippen LogP contribution in [0.25, 0.3) is 22.4 Å². The van der Waals surface area contributed by atoms with Crippen LogP contribution in [0.1, 0.15) is 42.3 Å². The summed E-state index contributed by atoms with van der Waals surface area (Å²) in [5.41, 5.74) is 11.2. The number of rotatable bonds is 6. The van der Waals surface area contributed by atoms with Crippen LogP contribution in [0.5, 0.6) is 0 Å². The van der Waals surface area contributed by atoms with Crippen LogP contribution < -0.4 is 10.5 Å². The average molecular weight is 456 g/mol. The quantitative estimate of drug-likeness (QED) is 0.230. The number of hydrogen-bond donors (Lipinski definition) is 2. The highest BCUT2D eigenvalue weighted by Gasteiger charge is 2.33. The van der Waals surface area contributed by atoms with Gasteiger partial charge in [0.05, 0.1) is 23.5 Å². The largest absolute Gasteiger partial charge is 0.618 e. The number of aromatic nitrogens is 3. The molecule has 0 amide bonds. The smallest absolute Gasteiger partial charge is 0.203 e. The van der Waals surface area contributed by atoms with Crippen molar-refractivity contribution in [2.45, 2.75) is 25.2 Å². The molecular formula is C26H22ClN5O. The number of nitrogens with zero attached hydrogens (tertiary/aromatic N) is 3. The third-order valence-electron chi connectivity index (χ3n) is 6.14. The molecule has 1 saturated carbocycles. The van der Waals surface area contributed by atoms with Gasteiger partial charge in [-0.05, 0) is 54.3 Å². The van der Waals surface area contributed by atoms with Crippen molar-refractivity contribution >= 4 is 17.3 Å². The van der Waals surface area contributed by atoms with Crippen LogP contribution >= 0.6 is 11.6 Å². The third kappa shape index (κ3) is 4.41. The van der Waals surface area contributed by atoms with Crippen LogP contribution in [0.4, 0.5) is 5.69 Å². The lowest BCUT2D eigenvalue weighted by Crippen LogP contribution is -2.34. The van der Waals surface area contributed by atoms with E-state index in [1.54, 1.807) is 42.7 Å². The molecule has 4 aromatic rings. The van der Waals surface area contributed by atoms with Gasteiger partial charge in [0.2, 0.25) is 5.69 Å². The number of H-pyrrole nitrogens is 1. The van der Waals surface area contributed by atoms with Gasteiger partial charge in [0.25, 0.3) is 0 Å². The Labute approximate surface area is 196 Å². The Kier molecular flexibility index (Phi) is 5.49. The molecule has 0 saturated heterocycles. The number of imidazole rings is 1. The number of nitrogen functional groups attached to an aromatic ring is 1. The highest BCUT2D eigenvalue weighted by molar-refractivity contribution is 6.31. The Hall–Kier alpha value is -3.82. The van der Waals surface area contributed by atoms with Gasteiger partial charge in [0, 0.05) is 27.9 Å². The van der Waals surface area contributed by atoms with Crippen molar-refractivity contribution in [3.63, 3.8) is 0 Å². The average Bonchev–Trinajstić information content (AvgIpc) is 3.52. The summed E-state index contributed by atoms with van der Waals surface area (Å²) in [5.74, 6) is 1.22. The molecular weight excluding hydrogens is 434 g/mol. The molecule has 1 fully saturated rings. The van der Waals surface area contributed by atoms with Crippen molar-refractivity contribution in [2.24, 2.45) is 5.92 Å². The molecule has 1 aliphatic rings. The molecule has 33 heavy (non-hydrogen) atoms. The monoisotopic (exact) mass is 455 g/mol. The van der Waals surface area contributed by atoms with Gasteiger partial charge in [-0.2, -0.15) is 9.99 Å². The summed E-state index contributed by atoms with van der Waals surface area (Å²) in [5, 5.41) is 22.7. The van der Waals surface area contributed by atoms with Gasteiger partial charge in [-0.3, -0.25) is 0 Å². The molecule has 0 radical (unpaired) electrons. The van der Waals surface area contributed by atoms with E-state index in [0.717, 1.165) is 39.4 Å². The Morgan fingerprint density at radius 2 is 1.91 bits per heavy atom. The highest BCUT2D eigenvalue weighted by Crippen LogP contribution is 2.40. The van der Waals surface area contributed by atoms with E-state index < -0.39 is 0 Å². The van der Waals surface area contributed by atoms with Gasteiger partial charge >= 0.3 is 0 Å². The summed E-state index contributed by atoms with van der Waals surface area (Å²) in [4.78, 5) is 8.03. The molecule has 1 aliphatic carbocycles. The minimum Gasteiger partial charge on any atom is -0.618 e. The zero-order valence-corrected chi connectivity index (χ0v) is 18.6. The maximum absolute atomic E-state index is 13.1. The molecule has 5 rings (SSSR count). The summed E-state index contributed by atoms with van der Waals surface area (Å²) in [6.45, 7) is 0. The van der Waals surface area contributed by atoms with Crippen molar-refractivity contribution in [3.8, 4) is 28.5 Å². The topological polar surface area (TPSA) is 105 Å². The van der Waals surface area contributed by atoms with Crippen molar-refractivity contribution in [1.82, 2.24) is 9.97 Å². The molecule has 7 heteroatoms. The molecule has 0 aliphatic heterocycles. The number of hydrogen-bond acceptors (Lipinski definition) is 4. The van der Waals surface area contributed by atoms with Gasteiger partial charge in [-0.1, -0.05) is 36.6 Å². The first kappa shape index (κ1) is 21.0. The Morgan fingerprint density at radius 1 is 1.15 bits per heavy atom. The summed E-state index contributed by atoms with van der Waals surface area (Å²) < 4.78 is 0.923. The maximum Gasteiger partial charge on any atom is 0.203 e. The lowest BCUT2D eigenvalue weighted by atomic mass is 9.95. The fraction of sp³-hybridized carbons (Fsp3) is 0.192. The fourth-order valence-electron chi connectivity index (χ4n) is 4.14. The van der Waals surface area contributed by atoms with Crippen LogP contribution in [0.3, 0.4) is 0 Å². The molecule has 1 unspecified atom stereocenters. The van der Waals surface area contributed by atoms with E-state index in [2.05, 4.69) is 16.0 Å². The van der Waals surface area contributed by atoms with Crippen LogP contribution in [0, 0.1) is 22.5 Å². The molecule has 6 nitrogen and oxygen atoms in total. The minimum atomic E-state index is -0.145. The van der Waals surface area contributed by atoms with Crippen molar-refractivity contribution in [3.05, 3.63) is 94.3 Å². The van der Waals surface area contributed by atoms with E-state index in [-0.39, 0.29) is 5.92 Å². The second kappa shape index (κ2) is 8.61. The molecule has 0 spiro atoms. The first-order chi connectivity index (χ1) is 16.0. The van der Waals surface area contributed by atoms with Gasteiger partial charge < -0.3 is 15.9 Å². The summed E-state index contributed by atoms with van der Waals surface area (Å²) >= 11 is 6.13. The van der Waals surface area contributed by atoms with Crippen LogP contribution in [0.2, 0.25) is 5.02 Å². The Bertz CT molecular complexity index is 1350. The molecule has 3 N–H and O–H groups in total. The maximum atomic E-state index is 13.1. The summed E-state index contributed by atoms with van der Waals surface area (Å²) in [7, 11) is 0. The SMILES string of the molecule is N#Cc1ccc(-c2cnc(C(CC3CC3)c3ccc(-c4cc(Cl)ccc4N)c[n+]3[O-])[nH]2)cc1. The Balaban J connectivity index is 1.49. The number of anilines is 1. The number of benzene rings is 2. The normalized spacial score (nSPS) is 14.1. The standard InChI is InChI=1S/C26H22ClN5O/c27-20-8-9-23(29)21(12-20)19-7-10-25(32(33)15-19)22(11-16-1-2-16)26-30-14-24(31-26)18-5-3-17(13-28)4-6-18/h3-10,12,14-16,22H,1-2,11,29H2,(H,30,31). The number of nitrogens with one attached hydrogen (secondary N) is 1. The van der Waals surface area contributed by atoms with Crippen molar-refractivity contribution in [1.29, 1.82) is 5.26 Å². The first-order valence-corrected chi connectivity index (χ1v) is 11.2. The van der Waals surface area contributed by atoms with E-state index in [1.807, 2.05) is 24.3 Å².